The van der Waals surface area contributed by atoms with Gasteiger partial charge in [-0.3, -0.25) is 14.6 Å². The molecule has 118 valence electrons. The summed E-state index contributed by atoms with van der Waals surface area (Å²) in [6, 6.07) is 0.150. The van der Waals surface area contributed by atoms with Crippen LogP contribution in [0.3, 0.4) is 0 Å². The van der Waals surface area contributed by atoms with E-state index in [0.29, 0.717) is 6.54 Å². The molecule has 3 rings (SSSR count). The number of rotatable bonds is 6. The first kappa shape index (κ1) is 15.1. The van der Waals surface area contributed by atoms with Crippen LogP contribution in [0.1, 0.15) is 24.4 Å². The van der Waals surface area contributed by atoms with Gasteiger partial charge in [0.1, 0.15) is 5.69 Å². The third-order valence-corrected chi connectivity index (χ3v) is 3.62. The largest absolute Gasteiger partial charge is 0.268 e. The minimum Gasteiger partial charge on any atom is -0.268 e. The van der Waals surface area contributed by atoms with Crippen molar-refractivity contribution in [3.63, 3.8) is 0 Å². The van der Waals surface area contributed by atoms with Crippen LogP contribution >= 0.6 is 0 Å². The van der Waals surface area contributed by atoms with Gasteiger partial charge in [0.15, 0.2) is 0 Å². The Morgan fingerprint density at radius 3 is 2.91 bits per heavy atom. The standard InChI is InChI=1S/C16H19N7/c1-4-7-22-10-15(13(3)20-22)16-11-23(21-19-16)12(2)8-14-9-17-5-6-18-14/h4-6,9-12H,1,7-8H2,2-3H3. The Morgan fingerprint density at radius 1 is 1.30 bits per heavy atom. The van der Waals surface area contributed by atoms with E-state index in [-0.39, 0.29) is 6.04 Å². The van der Waals surface area contributed by atoms with Crippen LogP contribution < -0.4 is 0 Å². The first-order valence-corrected chi connectivity index (χ1v) is 7.49. The van der Waals surface area contributed by atoms with Crippen LogP contribution in [0.15, 0.2) is 43.6 Å². The predicted octanol–water partition coefficient (Wildman–Crippen LogP) is 2.23. The van der Waals surface area contributed by atoms with Crippen LogP contribution in [0.2, 0.25) is 0 Å². The van der Waals surface area contributed by atoms with Crippen molar-refractivity contribution in [2.45, 2.75) is 32.9 Å². The first-order chi connectivity index (χ1) is 11.2. The fraction of sp³-hybridized carbons (Fsp3) is 0.312. The molecule has 23 heavy (non-hydrogen) atoms. The normalized spacial score (nSPS) is 12.3. The molecule has 0 saturated heterocycles. The second-order valence-electron chi connectivity index (χ2n) is 5.47. The molecule has 0 aliphatic carbocycles. The third kappa shape index (κ3) is 3.33. The van der Waals surface area contributed by atoms with Gasteiger partial charge in [0, 0.05) is 36.8 Å². The molecule has 0 amide bonds. The Morgan fingerprint density at radius 2 is 2.17 bits per heavy atom. The summed E-state index contributed by atoms with van der Waals surface area (Å²) < 4.78 is 3.70. The Bertz CT molecular complexity index is 788. The fourth-order valence-corrected chi connectivity index (χ4v) is 2.44. The lowest BCUT2D eigenvalue weighted by Crippen LogP contribution is -2.10. The van der Waals surface area contributed by atoms with E-state index in [9.17, 15) is 0 Å². The lowest BCUT2D eigenvalue weighted by molar-refractivity contribution is 0.469. The van der Waals surface area contributed by atoms with Crippen LogP contribution in [0.25, 0.3) is 11.3 Å². The molecule has 0 radical (unpaired) electrons. The van der Waals surface area contributed by atoms with Gasteiger partial charge in [0.25, 0.3) is 0 Å². The van der Waals surface area contributed by atoms with Crippen molar-refractivity contribution in [1.82, 2.24) is 34.7 Å². The minimum atomic E-state index is 0.150. The van der Waals surface area contributed by atoms with E-state index in [2.05, 4.69) is 38.9 Å². The Labute approximate surface area is 134 Å². The topological polar surface area (TPSA) is 74.3 Å². The zero-order valence-electron chi connectivity index (χ0n) is 13.3. The molecule has 1 atom stereocenters. The first-order valence-electron chi connectivity index (χ1n) is 7.49. The summed E-state index contributed by atoms with van der Waals surface area (Å²) in [5.41, 5.74) is 3.68. The molecule has 0 saturated carbocycles. The number of hydrogen-bond donors (Lipinski definition) is 0. The summed E-state index contributed by atoms with van der Waals surface area (Å²) in [4.78, 5) is 8.39. The highest BCUT2D eigenvalue weighted by molar-refractivity contribution is 5.59. The summed E-state index contributed by atoms with van der Waals surface area (Å²) in [6.07, 6.45) is 11.6. The van der Waals surface area contributed by atoms with Gasteiger partial charge in [0.05, 0.1) is 30.2 Å². The zero-order valence-corrected chi connectivity index (χ0v) is 13.3. The van der Waals surface area contributed by atoms with E-state index >= 15 is 0 Å². The molecule has 3 aromatic rings. The molecule has 0 spiro atoms. The van der Waals surface area contributed by atoms with Gasteiger partial charge < -0.3 is 0 Å². The smallest absolute Gasteiger partial charge is 0.116 e. The van der Waals surface area contributed by atoms with E-state index in [4.69, 9.17) is 0 Å². The molecule has 1 unspecified atom stereocenters. The van der Waals surface area contributed by atoms with Gasteiger partial charge in [-0.05, 0) is 13.8 Å². The molecule has 7 nitrogen and oxygen atoms in total. The Hall–Kier alpha value is -2.83. The monoisotopic (exact) mass is 309 g/mol. The molecule has 3 aromatic heterocycles. The van der Waals surface area contributed by atoms with E-state index in [1.54, 1.807) is 18.6 Å². The third-order valence-electron chi connectivity index (χ3n) is 3.62. The molecule has 0 fully saturated rings. The minimum absolute atomic E-state index is 0.150. The number of hydrogen-bond acceptors (Lipinski definition) is 5. The van der Waals surface area contributed by atoms with Crippen LogP contribution in [-0.4, -0.2) is 34.7 Å². The van der Waals surface area contributed by atoms with Gasteiger partial charge in [0.2, 0.25) is 0 Å². The quantitative estimate of drug-likeness (QED) is 0.653. The molecule has 0 N–H and O–H groups in total. The van der Waals surface area contributed by atoms with Crippen molar-refractivity contribution in [3.8, 4) is 11.3 Å². The maximum atomic E-state index is 4.45. The van der Waals surface area contributed by atoms with Crippen molar-refractivity contribution in [2.24, 2.45) is 0 Å². The highest BCUT2D eigenvalue weighted by atomic mass is 15.4. The number of aromatic nitrogens is 7. The van der Waals surface area contributed by atoms with Gasteiger partial charge in [-0.1, -0.05) is 11.3 Å². The van der Waals surface area contributed by atoms with Crippen LogP contribution in [0, 0.1) is 6.92 Å². The summed E-state index contributed by atoms with van der Waals surface area (Å²) in [5.74, 6) is 0. The van der Waals surface area contributed by atoms with Gasteiger partial charge in [-0.2, -0.15) is 5.10 Å². The number of aryl methyl sites for hydroxylation is 1. The van der Waals surface area contributed by atoms with E-state index < -0.39 is 0 Å². The fourth-order valence-electron chi connectivity index (χ4n) is 2.44. The van der Waals surface area contributed by atoms with Gasteiger partial charge in [-0.15, -0.1) is 11.7 Å². The van der Waals surface area contributed by atoms with Crippen molar-refractivity contribution < 1.29 is 0 Å². The molecule has 0 aromatic carbocycles. The molecule has 0 bridgehead atoms. The molecular formula is C16H19N7. The Balaban J connectivity index is 1.78. The van der Waals surface area contributed by atoms with Crippen molar-refractivity contribution in [1.29, 1.82) is 0 Å². The van der Waals surface area contributed by atoms with Gasteiger partial charge in [-0.25, -0.2) is 4.68 Å². The maximum absolute atomic E-state index is 4.45. The van der Waals surface area contributed by atoms with Crippen LogP contribution in [0.4, 0.5) is 0 Å². The average Bonchev–Trinajstić information content (AvgIpc) is 3.15. The van der Waals surface area contributed by atoms with Crippen molar-refractivity contribution >= 4 is 0 Å². The second kappa shape index (κ2) is 6.51. The average molecular weight is 309 g/mol. The maximum Gasteiger partial charge on any atom is 0.116 e. The highest BCUT2D eigenvalue weighted by Gasteiger charge is 2.14. The zero-order chi connectivity index (χ0) is 16.2. The lowest BCUT2D eigenvalue weighted by Gasteiger charge is -2.09. The summed E-state index contributed by atoms with van der Waals surface area (Å²) in [5, 5.41) is 13.0. The predicted molar refractivity (Wildman–Crippen MR) is 86.6 cm³/mol. The molecule has 0 aliphatic rings. The van der Waals surface area contributed by atoms with E-state index in [1.165, 1.54) is 0 Å². The van der Waals surface area contributed by atoms with Crippen molar-refractivity contribution in [2.75, 3.05) is 0 Å². The highest BCUT2D eigenvalue weighted by Crippen LogP contribution is 2.21. The molecule has 7 heteroatoms. The van der Waals surface area contributed by atoms with Gasteiger partial charge >= 0.3 is 0 Å². The SMILES string of the molecule is C=CCn1cc(-c2cn(C(C)Cc3cnccn3)nn2)c(C)n1. The van der Waals surface area contributed by atoms with Crippen LogP contribution in [-0.2, 0) is 13.0 Å². The second-order valence-corrected chi connectivity index (χ2v) is 5.47. The number of nitrogens with zero attached hydrogens (tertiary/aromatic N) is 7. The van der Waals surface area contributed by atoms with E-state index in [0.717, 1.165) is 29.1 Å². The summed E-state index contributed by atoms with van der Waals surface area (Å²) in [6.45, 7) is 8.46. The molecular weight excluding hydrogens is 290 g/mol. The lowest BCUT2D eigenvalue weighted by atomic mass is 10.2. The molecule has 3 heterocycles. The van der Waals surface area contributed by atoms with Crippen LogP contribution in [0.5, 0.6) is 0 Å². The van der Waals surface area contributed by atoms with E-state index in [1.807, 2.05) is 34.8 Å². The number of allylic oxidation sites excluding steroid dienone is 1. The summed E-state index contributed by atoms with van der Waals surface area (Å²) in [7, 11) is 0. The summed E-state index contributed by atoms with van der Waals surface area (Å²) >= 11 is 0. The van der Waals surface area contributed by atoms with Crippen molar-refractivity contribution in [3.05, 3.63) is 55.0 Å². The molecule has 0 aliphatic heterocycles. The Kier molecular flexibility index (Phi) is 4.27.